The maximum Gasteiger partial charge on any atom is 0.437 e. The van der Waals surface area contributed by atoms with E-state index >= 15 is 0 Å². The predicted molar refractivity (Wildman–Crippen MR) is 95.3 cm³/mol. The van der Waals surface area contributed by atoms with Gasteiger partial charge in [-0.2, -0.15) is 18.3 Å². The molecule has 8 heteroatoms. The fourth-order valence-corrected chi connectivity index (χ4v) is 2.55. The van der Waals surface area contributed by atoms with Gasteiger partial charge in [0, 0.05) is 24.8 Å². The molecule has 1 aliphatic heterocycles. The summed E-state index contributed by atoms with van der Waals surface area (Å²) in [7, 11) is 0. The Morgan fingerprint density at radius 1 is 1.16 bits per heavy atom. The molecule has 1 aromatic rings. The van der Waals surface area contributed by atoms with Gasteiger partial charge in [0.1, 0.15) is 5.71 Å². The normalized spacial score (nSPS) is 16.8. The molecule has 0 amide bonds. The number of halogens is 3. The summed E-state index contributed by atoms with van der Waals surface area (Å²) >= 11 is 0. The van der Waals surface area contributed by atoms with Crippen LogP contribution in [0.3, 0.4) is 0 Å². The highest BCUT2D eigenvalue weighted by atomic mass is 19.4. The molecule has 0 radical (unpaired) electrons. The summed E-state index contributed by atoms with van der Waals surface area (Å²) in [6, 6.07) is 6.58. The van der Waals surface area contributed by atoms with Gasteiger partial charge in [0.25, 0.3) is 0 Å². The molecule has 0 saturated carbocycles. The van der Waals surface area contributed by atoms with E-state index in [-0.39, 0.29) is 11.9 Å². The van der Waals surface area contributed by atoms with E-state index in [1.165, 1.54) is 0 Å². The van der Waals surface area contributed by atoms with Gasteiger partial charge in [-0.3, -0.25) is 5.41 Å². The SMILES string of the molecule is CCN(CC)c1ccc(N=C2C(=N)N(C(C)C)N=C2C(F)(F)F)cc1. The van der Waals surface area contributed by atoms with Gasteiger partial charge in [-0.05, 0) is 52.0 Å². The van der Waals surface area contributed by atoms with E-state index in [0.29, 0.717) is 5.69 Å². The van der Waals surface area contributed by atoms with E-state index in [9.17, 15) is 13.2 Å². The van der Waals surface area contributed by atoms with Crippen LogP contribution in [0.5, 0.6) is 0 Å². The van der Waals surface area contributed by atoms with Gasteiger partial charge < -0.3 is 4.90 Å². The molecule has 0 fully saturated rings. The number of benzene rings is 1. The average Bonchev–Trinajstić information content (AvgIpc) is 2.87. The second kappa shape index (κ2) is 7.25. The number of nitrogens with one attached hydrogen (secondary N) is 1. The van der Waals surface area contributed by atoms with Gasteiger partial charge in [-0.1, -0.05) is 0 Å². The third kappa shape index (κ3) is 4.00. The highest BCUT2D eigenvalue weighted by Crippen LogP contribution is 2.27. The number of hydrogen-bond donors (Lipinski definition) is 1. The van der Waals surface area contributed by atoms with Gasteiger partial charge in [0.05, 0.1) is 5.69 Å². The Balaban J connectivity index is 2.38. The Labute approximate surface area is 145 Å². The van der Waals surface area contributed by atoms with Crippen molar-refractivity contribution in [1.29, 1.82) is 5.41 Å². The van der Waals surface area contributed by atoms with Crippen LogP contribution in [-0.2, 0) is 0 Å². The zero-order valence-electron chi connectivity index (χ0n) is 14.7. The Kier molecular flexibility index (Phi) is 5.49. The van der Waals surface area contributed by atoms with Gasteiger partial charge in [0.15, 0.2) is 11.5 Å². The summed E-state index contributed by atoms with van der Waals surface area (Å²) in [6.07, 6.45) is -4.66. The molecule has 0 unspecified atom stereocenters. The Hall–Kier alpha value is -2.38. The summed E-state index contributed by atoms with van der Waals surface area (Å²) in [5, 5.41) is 12.6. The number of anilines is 1. The monoisotopic (exact) mass is 353 g/mol. The maximum absolute atomic E-state index is 13.2. The second-order valence-electron chi connectivity index (χ2n) is 5.88. The molecule has 136 valence electrons. The van der Waals surface area contributed by atoms with Crippen LogP contribution in [-0.4, -0.2) is 47.6 Å². The zero-order chi connectivity index (χ0) is 18.8. The second-order valence-corrected chi connectivity index (χ2v) is 5.88. The molecule has 25 heavy (non-hydrogen) atoms. The summed E-state index contributed by atoms with van der Waals surface area (Å²) in [5.41, 5.74) is -0.238. The minimum Gasteiger partial charge on any atom is -0.372 e. The minimum atomic E-state index is -4.66. The highest BCUT2D eigenvalue weighted by Gasteiger charge is 2.46. The molecule has 1 aromatic carbocycles. The first-order valence-electron chi connectivity index (χ1n) is 8.17. The number of hydrogen-bond acceptors (Lipinski definition) is 4. The van der Waals surface area contributed by atoms with Crippen LogP contribution in [0.4, 0.5) is 24.5 Å². The van der Waals surface area contributed by atoms with Crippen molar-refractivity contribution < 1.29 is 13.2 Å². The predicted octanol–water partition coefficient (Wildman–Crippen LogP) is 4.22. The number of amidine groups is 1. The number of alkyl halides is 3. The number of rotatable bonds is 5. The Morgan fingerprint density at radius 3 is 2.16 bits per heavy atom. The molecule has 0 bridgehead atoms. The molecule has 1 N–H and O–H groups in total. The summed E-state index contributed by atoms with van der Waals surface area (Å²) in [4.78, 5) is 6.18. The fourth-order valence-electron chi connectivity index (χ4n) is 2.55. The molecular weight excluding hydrogens is 331 g/mol. The third-order valence-electron chi connectivity index (χ3n) is 3.86. The van der Waals surface area contributed by atoms with Crippen LogP contribution in [0.1, 0.15) is 27.7 Å². The lowest BCUT2D eigenvalue weighted by Crippen LogP contribution is -2.35. The van der Waals surface area contributed by atoms with Crippen molar-refractivity contribution in [1.82, 2.24) is 5.01 Å². The van der Waals surface area contributed by atoms with Gasteiger partial charge in [-0.15, -0.1) is 0 Å². The van der Waals surface area contributed by atoms with E-state index in [4.69, 9.17) is 5.41 Å². The first-order chi connectivity index (χ1) is 11.7. The van der Waals surface area contributed by atoms with Crippen molar-refractivity contribution in [3.63, 3.8) is 0 Å². The lowest BCUT2D eigenvalue weighted by molar-refractivity contribution is -0.0571. The molecular formula is C17H22F3N5. The summed E-state index contributed by atoms with van der Waals surface area (Å²) < 4.78 is 39.7. The van der Waals surface area contributed by atoms with E-state index in [1.54, 1.807) is 26.0 Å². The van der Waals surface area contributed by atoms with Crippen molar-refractivity contribution in [3.05, 3.63) is 24.3 Å². The van der Waals surface area contributed by atoms with E-state index in [1.807, 2.05) is 26.0 Å². The van der Waals surface area contributed by atoms with Crippen molar-refractivity contribution >= 4 is 28.6 Å². The molecule has 1 heterocycles. The largest absolute Gasteiger partial charge is 0.437 e. The molecule has 2 rings (SSSR count). The minimum absolute atomic E-state index is 0.338. The van der Waals surface area contributed by atoms with Crippen LogP contribution >= 0.6 is 0 Å². The first kappa shape index (κ1) is 19.0. The number of hydrazone groups is 1. The van der Waals surface area contributed by atoms with Gasteiger partial charge in [-0.25, -0.2) is 10.0 Å². The number of nitrogens with zero attached hydrogens (tertiary/aromatic N) is 4. The van der Waals surface area contributed by atoms with Crippen molar-refractivity contribution in [2.45, 2.75) is 39.9 Å². The number of aliphatic imine (C=N–C) groups is 1. The van der Waals surface area contributed by atoms with Crippen LogP contribution in [0.15, 0.2) is 34.4 Å². The van der Waals surface area contributed by atoms with Crippen LogP contribution < -0.4 is 4.90 Å². The Morgan fingerprint density at radius 2 is 1.72 bits per heavy atom. The molecule has 5 nitrogen and oxygen atoms in total. The summed E-state index contributed by atoms with van der Waals surface area (Å²) in [5.74, 6) is -0.338. The standard InChI is InChI=1S/C17H22F3N5/c1-5-24(6-2)13-9-7-12(8-10-13)22-14-15(17(18,19)20)23-25(11(3)4)16(14)21/h7-11,21H,5-6H2,1-4H3. The lowest BCUT2D eigenvalue weighted by atomic mass is 10.2. The van der Waals surface area contributed by atoms with Gasteiger partial charge >= 0.3 is 6.18 Å². The van der Waals surface area contributed by atoms with E-state index < -0.39 is 17.6 Å². The molecule has 0 aromatic heterocycles. The average molecular weight is 353 g/mol. The molecule has 0 saturated heterocycles. The third-order valence-corrected chi connectivity index (χ3v) is 3.86. The Bertz CT molecular complexity index is 685. The maximum atomic E-state index is 13.2. The van der Waals surface area contributed by atoms with Crippen LogP contribution in [0, 0.1) is 5.41 Å². The lowest BCUT2D eigenvalue weighted by Gasteiger charge is -2.20. The van der Waals surface area contributed by atoms with Crippen LogP contribution in [0.2, 0.25) is 0 Å². The van der Waals surface area contributed by atoms with E-state index in [0.717, 1.165) is 23.8 Å². The van der Waals surface area contributed by atoms with Crippen molar-refractivity contribution in [2.24, 2.45) is 10.1 Å². The fraction of sp³-hybridized carbons (Fsp3) is 0.471. The van der Waals surface area contributed by atoms with Gasteiger partial charge in [0.2, 0.25) is 0 Å². The smallest absolute Gasteiger partial charge is 0.372 e. The van der Waals surface area contributed by atoms with Crippen molar-refractivity contribution in [2.75, 3.05) is 18.0 Å². The molecule has 0 spiro atoms. The molecule has 0 atom stereocenters. The summed E-state index contributed by atoms with van der Waals surface area (Å²) in [6.45, 7) is 9.09. The quantitative estimate of drug-likeness (QED) is 0.861. The van der Waals surface area contributed by atoms with E-state index in [2.05, 4.69) is 15.0 Å². The topological polar surface area (TPSA) is 55.1 Å². The molecule has 0 aliphatic carbocycles. The first-order valence-corrected chi connectivity index (χ1v) is 8.17. The van der Waals surface area contributed by atoms with Crippen molar-refractivity contribution in [3.8, 4) is 0 Å². The highest BCUT2D eigenvalue weighted by molar-refractivity contribution is 6.70. The molecule has 1 aliphatic rings. The zero-order valence-corrected chi connectivity index (χ0v) is 14.7. The van der Waals surface area contributed by atoms with Crippen LogP contribution in [0.25, 0.3) is 0 Å².